The number of nitrogens with zero attached hydrogens (tertiary/aromatic N) is 1. The van der Waals surface area contributed by atoms with Crippen LogP contribution in [-0.4, -0.2) is 35.0 Å². The van der Waals surface area contributed by atoms with E-state index in [2.05, 4.69) is 10.3 Å². The van der Waals surface area contributed by atoms with Crippen LogP contribution in [0.5, 0.6) is 5.75 Å². The van der Waals surface area contributed by atoms with Crippen molar-refractivity contribution < 1.29 is 17.9 Å². The summed E-state index contributed by atoms with van der Waals surface area (Å²) < 4.78 is 31.3. The van der Waals surface area contributed by atoms with Gasteiger partial charge in [-0.2, -0.15) is 0 Å². The van der Waals surface area contributed by atoms with Crippen LogP contribution in [0, 0.1) is 6.92 Å². The SMILES string of the molecule is Cc1cc(Cl)ccc1OCCCC(=O)NNS(=O)(=O)c1cccc2c(N(C)C)cccc12. The third kappa shape index (κ3) is 5.70. The fraction of sp³-hybridized carbons (Fsp3) is 0.261. The average Bonchev–Trinajstić information content (AvgIpc) is 2.75. The van der Waals surface area contributed by atoms with Gasteiger partial charge in [0.2, 0.25) is 5.91 Å². The number of rotatable bonds is 9. The maximum absolute atomic E-state index is 12.8. The number of anilines is 1. The van der Waals surface area contributed by atoms with Crippen molar-refractivity contribution in [1.29, 1.82) is 0 Å². The number of benzene rings is 3. The Hall–Kier alpha value is -2.81. The summed E-state index contributed by atoms with van der Waals surface area (Å²) in [6, 6.07) is 15.8. The first-order valence-corrected chi connectivity index (χ1v) is 11.9. The number of sulfonamides is 1. The van der Waals surface area contributed by atoms with Crippen LogP contribution in [0.2, 0.25) is 5.02 Å². The van der Waals surface area contributed by atoms with E-state index >= 15 is 0 Å². The summed E-state index contributed by atoms with van der Waals surface area (Å²) in [6.07, 6.45) is 0.533. The van der Waals surface area contributed by atoms with Crippen molar-refractivity contribution in [2.24, 2.45) is 0 Å². The largest absolute Gasteiger partial charge is 0.493 e. The van der Waals surface area contributed by atoms with Gasteiger partial charge in [0.1, 0.15) is 5.75 Å². The predicted octanol–water partition coefficient (Wildman–Crippen LogP) is 4.04. The van der Waals surface area contributed by atoms with E-state index in [4.69, 9.17) is 16.3 Å². The molecule has 1 amide bonds. The van der Waals surface area contributed by atoms with Crippen LogP contribution >= 0.6 is 11.6 Å². The van der Waals surface area contributed by atoms with Gasteiger partial charge >= 0.3 is 0 Å². The molecular weight excluding hydrogens is 450 g/mol. The lowest BCUT2D eigenvalue weighted by atomic mass is 10.1. The number of fused-ring (bicyclic) bond motifs is 1. The number of nitrogens with one attached hydrogen (secondary N) is 2. The third-order valence-corrected chi connectivity index (χ3v) is 6.44. The van der Waals surface area contributed by atoms with Gasteiger partial charge < -0.3 is 9.64 Å². The van der Waals surface area contributed by atoms with Crippen molar-refractivity contribution in [3.8, 4) is 5.75 Å². The highest BCUT2D eigenvalue weighted by atomic mass is 35.5. The molecule has 0 unspecified atom stereocenters. The normalized spacial score (nSPS) is 11.4. The number of carbonyl (C=O) groups excluding carboxylic acids is 1. The number of carbonyl (C=O) groups is 1. The van der Waals surface area contributed by atoms with Crippen LogP contribution in [0.25, 0.3) is 10.8 Å². The zero-order valence-electron chi connectivity index (χ0n) is 18.2. The van der Waals surface area contributed by atoms with E-state index in [1.165, 1.54) is 6.07 Å². The first-order valence-electron chi connectivity index (χ1n) is 10.1. The molecule has 0 spiro atoms. The standard InChI is InChI=1S/C23H26ClN3O4S/c1-16-15-17(24)12-13-21(16)31-14-6-11-23(28)25-26-32(29,30)22-10-5-7-18-19(22)8-4-9-20(18)27(2)3/h4-5,7-10,12-13,15,26H,6,11,14H2,1-3H3,(H,25,28). The lowest BCUT2D eigenvalue weighted by molar-refractivity contribution is -0.121. The highest BCUT2D eigenvalue weighted by Crippen LogP contribution is 2.30. The minimum atomic E-state index is -3.95. The smallest absolute Gasteiger partial charge is 0.257 e. The molecule has 0 fully saturated rings. The molecule has 0 aliphatic heterocycles. The van der Waals surface area contributed by atoms with Crippen LogP contribution in [0.15, 0.2) is 59.5 Å². The van der Waals surface area contributed by atoms with Crippen LogP contribution in [0.3, 0.4) is 0 Å². The van der Waals surface area contributed by atoms with Crippen LogP contribution in [0.1, 0.15) is 18.4 Å². The molecule has 0 saturated heterocycles. The third-order valence-electron chi connectivity index (χ3n) is 4.90. The van der Waals surface area contributed by atoms with Crippen LogP contribution in [-0.2, 0) is 14.8 Å². The minimum Gasteiger partial charge on any atom is -0.493 e. The summed E-state index contributed by atoms with van der Waals surface area (Å²) in [7, 11) is -0.161. The highest BCUT2D eigenvalue weighted by Gasteiger charge is 2.19. The van der Waals surface area contributed by atoms with Gasteiger partial charge in [0.25, 0.3) is 10.0 Å². The van der Waals surface area contributed by atoms with Gasteiger partial charge in [-0.3, -0.25) is 10.2 Å². The van der Waals surface area contributed by atoms with E-state index in [0.29, 0.717) is 29.2 Å². The summed E-state index contributed by atoms with van der Waals surface area (Å²) in [5.41, 5.74) is 4.09. The van der Waals surface area contributed by atoms with Gasteiger partial charge in [0.15, 0.2) is 0 Å². The molecule has 0 aliphatic carbocycles. The number of amides is 1. The number of halogens is 1. The van der Waals surface area contributed by atoms with E-state index in [1.807, 2.05) is 38.1 Å². The minimum absolute atomic E-state index is 0.0977. The number of hydrogen-bond donors (Lipinski definition) is 2. The van der Waals surface area contributed by atoms with E-state index in [-0.39, 0.29) is 11.3 Å². The van der Waals surface area contributed by atoms with Gasteiger partial charge in [-0.05, 0) is 49.2 Å². The molecule has 0 radical (unpaired) electrons. The molecule has 0 atom stereocenters. The highest BCUT2D eigenvalue weighted by molar-refractivity contribution is 7.89. The molecule has 9 heteroatoms. The van der Waals surface area contributed by atoms with Gasteiger partial charge in [-0.25, -0.2) is 8.42 Å². The van der Waals surface area contributed by atoms with Crippen molar-refractivity contribution in [2.45, 2.75) is 24.7 Å². The van der Waals surface area contributed by atoms with E-state index in [0.717, 1.165) is 16.6 Å². The van der Waals surface area contributed by atoms with E-state index in [1.54, 1.807) is 36.4 Å². The average molecular weight is 476 g/mol. The Bertz CT molecular complexity index is 1230. The van der Waals surface area contributed by atoms with Crippen LogP contribution in [0.4, 0.5) is 5.69 Å². The monoisotopic (exact) mass is 475 g/mol. The van der Waals surface area contributed by atoms with Crippen LogP contribution < -0.4 is 19.9 Å². The van der Waals surface area contributed by atoms with E-state index < -0.39 is 15.9 Å². The van der Waals surface area contributed by atoms with Gasteiger partial charge in [-0.15, -0.1) is 4.83 Å². The summed E-state index contributed by atoms with van der Waals surface area (Å²) in [4.78, 5) is 16.3. The topological polar surface area (TPSA) is 87.7 Å². The predicted molar refractivity (Wildman–Crippen MR) is 128 cm³/mol. The maximum Gasteiger partial charge on any atom is 0.257 e. The molecule has 170 valence electrons. The zero-order chi connectivity index (χ0) is 23.3. The molecule has 3 rings (SSSR count). The summed E-state index contributed by atoms with van der Waals surface area (Å²) in [6.45, 7) is 2.21. The molecule has 0 saturated carbocycles. The Balaban J connectivity index is 1.58. The molecule has 32 heavy (non-hydrogen) atoms. The number of hydrogen-bond acceptors (Lipinski definition) is 5. The summed E-state index contributed by atoms with van der Waals surface area (Å²) in [5, 5.41) is 2.01. The molecule has 3 aromatic rings. The summed E-state index contributed by atoms with van der Waals surface area (Å²) >= 11 is 5.92. The fourth-order valence-corrected chi connectivity index (χ4v) is 4.63. The number of aryl methyl sites for hydroxylation is 1. The first kappa shape index (κ1) is 23.8. The van der Waals surface area contributed by atoms with Crippen molar-refractivity contribution in [2.75, 3.05) is 25.6 Å². The molecule has 0 aromatic heterocycles. The van der Waals surface area contributed by atoms with Crippen molar-refractivity contribution >= 4 is 44.0 Å². The fourth-order valence-electron chi connectivity index (χ4n) is 3.32. The lowest BCUT2D eigenvalue weighted by Gasteiger charge is -2.17. The lowest BCUT2D eigenvalue weighted by Crippen LogP contribution is -2.41. The Morgan fingerprint density at radius 2 is 1.78 bits per heavy atom. The Kier molecular flexibility index (Phi) is 7.60. The van der Waals surface area contributed by atoms with E-state index in [9.17, 15) is 13.2 Å². The molecule has 7 nitrogen and oxygen atoms in total. The van der Waals surface area contributed by atoms with Gasteiger partial charge in [-0.1, -0.05) is 35.9 Å². The number of hydrazine groups is 1. The second-order valence-corrected chi connectivity index (χ2v) is 9.63. The first-order chi connectivity index (χ1) is 15.2. The molecule has 0 heterocycles. The van der Waals surface area contributed by atoms with Gasteiger partial charge in [0, 0.05) is 42.0 Å². The van der Waals surface area contributed by atoms with Gasteiger partial charge in [0.05, 0.1) is 11.5 Å². The maximum atomic E-state index is 12.8. The second kappa shape index (κ2) is 10.2. The number of ether oxygens (including phenoxy) is 1. The zero-order valence-corrected chi connectivity index (χ0v) is 19.8. The molecule has 0 aliphatic rings. The summed E-state index contributed by atoms with van der Waals surface area (Å²) in [5.74, 6) is 0.253. The van der Waals surface area contributed by atoms with Crippen molar-refractivity contribution in [1.82, 2.24) is 10.3 Å². The quantitative estimate of drug-likeness (QED) is 0.360. The second-order valence-electron chi connectivity index (χ2n) is 7.54. The molecule has 3 aromatic carbocycles. The molecular formula is C23H26ClN3O4S. The Morgan fingerprint density at radius 3 is 2.50 bits per heavy atom. The van der Waals surface area contributed by atoms with Crippen molar-refractivity contribution in [3.63, 3.8) is 0 Å². The molecule has 0 bridgehead atoms. The van der Waals surface area contributed by atoms with Crippen molar-refractivity contribution in [3.05, 3.63) is 65.2 Å². The Labute approximate surface area is 193 Å². The molecule has 2 N–H and O–H groups in total. The Morgan fingerprint density at radius 1 is 1.06 bits per heavy atom.